The number of rotatable bonds is 4. The Bertz CT molecular complexity index is 3130. The van der Waals surface area contributed by atoms with Crippen LogP contribution in [-0.4, -0.2) is 18.9 Å². The molecule has 0 radical (unpaired) electrons. The molecule has 0 amide bonds. The quantitative estimate of drug-likeness (QED) is 0.131. The molecule has 0 fully saturated rings. The zero-order valence-corrected chi connectivity index (χ0v) is 32.2. The Morgan fingerprint density at radius 3 is 2.20 bits per heavy atom. The SMILES string of the molecule is CC1(C)c2cc3c4ccccc4n(-c4ccccc4)c3cc2N(c2[c-]c(C(F)c3[c-]c4c(cc3)c3ccccc3n3ccnc43)ccc2)c2ncccc21.[Pt+2]. The standard InChI is InChI=1S/C48H32FN5.Pt/c1-48(2)39-18-11-23-50-47(39)54(44-29-43-37(28-40(44)48)36-17-7-9-20-42(36)53(43)32-13-4-3-5-14-32)33-15-10-12-30(26-33)45(49)31-21-22-34-35-16-6-8-19-41(35)52-25-24-51-46(52)38(34)27-31;/h3-25,28-29,45H,1-2H3;/q-2;+2. The van der Waals surface area contributed by atoms with Gasteiger partial charge in [0.05, 0.1) is 22.4 Å². The molecule has 0 saturated heterocycles. The molecule has 4 aromatic heterocycles. The van der Waals surface area contributed by atoms with Gasteiger partial charge in [0.1, 0.15) is 12.0 Å². The molecule has 266 valence electrons. The number of benzene rings is 6. The zero-order chi connectivity index (χ0) is 36.1. The number of hydrogen-bond acceptors (Lipinski definition) is 3. The van der Waals surface area contributed by atoms with Crippen LogP contribution >= 0.6 is 0 Å². The maximum atomic E-state index is 16.9. The van der Waals surface area contributed by atoms with Crippen molar-refractivity contribution in [1.82, 2.24) is 18.9 Å². The number of para-hydroxylation sites is 3. The third kappa shape index (κ3) is 4.87. The normalized spacial score (nSPS) is 14.0. The molecule has 55 heavy (non-hydrogen) atoms. The summed E-state index contributed by atoms with van der Waals surface area (Å²) in [5, 5.41) is 5.23. The molecule has 1 aliphatic heterocycles. The van der Waals surface area contributed by atoms with Crippen LogP contribution in [-0.2, 0) is 26.5 Å². The van der Waals surface area contributed by atoms with Gasteiger partial charge in [0.25, 0.3) is 0 Å². The Balaban J connectivity index is 0.00000372. The van der Waals surface area contributed by atoms with Crippen LogP contribution in [0.15, 0.2) is 152 Å². The van der Waals surface area contributed by atoms with Crippen LogP contribution in [0.1, 0.15) is 42.3 Å². The van der Waals surface area contributed by atoms with Crippen LogP contribution in [0.3, 0.4) is 0 Å². The fourth-order valence-corrected chi connectivity index (χ4v) is 8.68. The second kappa shape index (κ2) is 12.5. The number of anilines is 3. The van der Waals surface area contributed by atoms with Crippen LogP contribution in [0.5, 0.6) is 0 Å². The van der Waals surface area contributed by atoms with E-state index in [1.165, 1.54) is 16.3 Å². The van der Waals surface area contributed by atoms with Crippen molar-refractivity contribution in [2.75, 3.05) is 4.90 Å². The Morgan fingerprint density at radius 2 is 1.36 bits per heavy atom. The minimum atomic E-state index is -1.47. The van der Waals surface area contributed by atoms with Gasteiger partial charge in [0.2, 0.25) is 0 Å². The number of halogens is 1. The molecule has 0 saturated carbocycles. The zero-order valence-electron chi connectivity index (χ0n) is 29.9. The third-order valence-corrected chi connectivity index (χ3v) is 11.3. The fraction of sp³-hybridized carbons (Fsp3) is 0.0833. The molecule has 0 N–H and O–H groups in total. The summed E-state index contributed by atoms with van der Waals surface area (Å²) in [7, 11) is 0. The van der Waals surface area contributed by atoms with E-state index in [1.807, 2.05) is 71.4 Å². The summed E-state index contributed by atoms with van der Waals surface area (Å²) in [6.07, 6.45) is 4.09. The maximum absolute atomic E-state index is 16.9. The van der Waals surface area contributed by atoms with E-state index in [2.05, 4.69) is 119 Å². The summed E-state index contributed by atoms with van der Waals surface area (Å²) in [6, 6.07) is 52.6. The van der Waals surface area contributed by atoms with Crippen molar-refractivity contribution < 1.29 is 25.5 Å². The average molecular weight is 893 g/mol. The molecule has 0 aliphatic carbocycles. The van der Waals surface area contributed by atoms with Gasteiger partial charge in [0, 0.05) is 51.5 Å². The first-order chi connectivity index (χ1) is 26.5. The smallest absolute Gasteiger partial charge is 0.340 e. The molecule has 1 unspecified atom stereocenters. The van der Waals surface area contributed by atoms with Gasteiger partial charge in [-0.05, 0) is 53.4 Å². The van der Waals surface area contributed by atoms with E-state index in [0.717, 1.165) is 66.8 Å². The van der Waals surface area contributed by atoms with Gasteiger partial charge in [-0.1, -0.05) is 96.5 Å². The molecule has 11 rings (SSSR count). The minimum Gasteiger partial charge on any atom is -0.340 e. The molecule has 0 bridgehead atoms. The van der Waals surface area contributed by atoms with Crippen LogP contribution in [0.2, 0.25) is 0 Å². The molecule has 10 aromatic rings. The summed E-state index contributed by atoms with van der Waals surface area (Å²) in [5.74, 6) is 0.811. The largest absolute Gasteiger partial charge is 2.00 e. The predicted octanol–water partition coefficient (Wildman–Crippen LogP) is 11.9. The predicted molar refractivity (Wildman–Crippen MR) is 216 cm³/mol. The van der Waals surface area contributed by atoms with E-state index >= 15 is 4.39 Å². The van der Waals surface area contributed by atoms with Crippen molar-refractivity contribution in [3.05, 3.63) is 186 Å². The second-order valence-corrected chi connectivity index (χ2v) is 14.6. The van der Waals surface area contributed by atoms with E-state index in [-0.39, 0.29) is 26.5 Å². The molecular weight excluding hydrogens is 861 g/mol. The van der Waals surface area contributed by atoms with E-state index < -0.39 is 6.17 Å². The summed E-state index contributed by atoms with van der Waals surface area (Å²) in [6.45, 7) is 4.53. The monoisotopic (exact) mass is 892 g/mol. The Hall–Kier alpha value is -6.10. The summed E-state index contributed by atoms with van der Waals surface area (Å²) >= 11 is 0. The maximum Gasteiger partial charge on any atom is 2.00 e. The van der Waals surface area contributed by atoms with Crippen molar-refractivity contribution in [1.29, 1.82) is 0 Å². The molecule has 7 heteroatoms. The van der Waals surface area contributed by atoms with Gasteiger partial charge in [-0.2, -0.15) is 18.2 Å². The average Bonchev–Trinajstić information content (AvgIpc) is 3.84. The van der Waals surface area contributed by atoms with Crippen LogP contribution in [0.4, 0.5) is 21.6 Å². The first-order valence-corrected chi connectivity index (χ1v) is 18.2. The van der Waals surface area contributed by atoms with Crippen molar-refractivity contribution >= 4 is 66.3 Å². The van der Waals surface area contributed by atoms with E-state index in [0.29, 0.717) is 11.1 Å². The van der Waals surface area contributed by atoms with E-state index in [1.54, 1.807) is 6.20 Å². The topological polar surface area (TPSA) is 38.4 Å². The summed E-state index contributed by atoms with van der Waals surface area (Å²) in [4.78, 5) is 11.8. The number of nitrogens with zero attached hydrogens (tertiary/aromatic N) is 5. The Kier molecular flexibility index (Phi) is 7.59. The molecule has 0 spiro atoms. The minimum absolute atomic E-state index is 0. The van der Waals surface area contributed by atoms with Crippen LogP contribution in [0, 0.1) is 12.1 Å². The van der Waals surface area contributed by atoms with Gasteiger partial charge < -0.3 is 13.9 Å². The Labute approximate surface area is 331 Å². The number of fused-ring (bicyclic) bond motifs is 11. The number of pyridine rings is 2. The Morgan fingerprint density at radius 1 is 0.618 bits per heavy atom. The van der Waals surface area contributed by atoms with Gasteiger partial charge >= 0.3 is 21.1 Å². The molecule has 1 atom stereocenters. The first-order valence-electron chi connectivity index (χ1n) is 18.2. The molecule has 1 aliphatic rings. The van der Waals surface area contributed by atoms with Crippen molar-refractivity contribution in [3.8, 4) is 5.69 Å². The fourth-order valence-electron chi connectivity index (χ4n) is 8.68. The number of alkyl halides is 1. The first kappa shape index (κ1) is 33.5. The van der Waals surface area contributed by atoms with Crippen molar-refractivity contribution in [2.45, 2.75) is 25.4 Å². The third-order valence-electron chi connectivity index (χ3n) is 11.3. The van der Waals surface area contributed by atoms with Crippen LogP contribution < -0.4 is 4.90 Å². The van der Waals surface area contributed by atoms with Crippen molar-refractivity contribution in [3.63, 3.8) is 0 Å². The van der Waals surface area contributed by atoms with Gasteiger partial charge in [-0.25, -0.2) is 9.37 Å². The van der Waals surface area contributed by atoms with E-state index in [4.69, 9.17) is 4.98 Å². The second-order valence-electron chi connectivity index (χ2n) is 14.6. The molecule has 6 aromatic carbocycles. The van der Waals surface area contributed by atoms with E-state index in [9.17, 15) is 0 Å². The summed E-state index contributed by atoms with van der Waals surface area (Å²) < 4.78 is 21.3. The summed E-state index contributed by atoms with van der Waals surface area (Å²) in [5.41, 5.74) is 9.60. The molecule has 5 heterocycles. The van der Waals surface area contributed by atoms with Gasteiger partial charge in [-0.15, -0.1) is 29.8 Å². The van der Waals surface area contributed by atoms with Gasteiger partial charge in [0.15, 0.2) is 0 Å². The van der Waals surface area contributed by atoms with Gasteiger partial charge in [-0.3, -0.25) is 4.98 Å². The molecule has 5 nitrogen and oxygen atoms in total. The molecular formula is C48H32FN5Pt. The van der Waals surface area contributed by atoms with Crippen LogP contribution in [0.25, 0.3) is 54.8 Å². The number of aromatic nitrogens is 4. The number of hydrogen-bond donors (Lipinski definition) is 0. The van der Waals surface area contributed by atoms with Crippen molar-refractivity contribution in [2.24, 2.45) is 0 Å². The number of imidazole rings is 1.